The number of carbonyl (C=O) groups is 1. The minimum Gasteiger partial charge on any atom is -0.352 e. The molecule has 0 fully saturated rings. The lowest BCUT2D eigenvalue weighted by atomic mass is 10.3. The van der Waals surface area contributed by atoms with Gasteiger partial charge in [-0.05, 0) is 24.3 Å². The van der Waals surface area contributed by atoms with Crippen LogP contribution in [0.3, 0.4) is 0 Å². The molecule has 1 heterocycles. The number of rotatable bonds is 7. The summed E-state index contributed by atoms with van der Waals surface area (Å²) in [6.07, 6.45) is 4.23. The smallest absolute Gasteiger partial charge is 0.221 e. The second-order valence-electron chi connectivity index (χ2n) is 5.32. The maximum absolute atomic E-state index is 11.9. The van der Waals surface area contributed by atoms with E-state index in [1.165, 1.54) is 4.90 Å². The Bertz CT molecular complexity index is 772. The molecule has 2 aromatic carbocycles. The van der Waals surface area contributed by atoms with Crippen molar-refractivity contribution in [2.24, 2.45) is 0 Å². The third kappa shape index (κ3) is 4.73. The molecule has 0 radical (unpaired) electrons. The van der Waals surface area contributed by atoms with Crippen LogP contribution in [-0.2, 0) is 11.3 Å². The molecule has 1 aromatic heterocycles. The molecular formula is C19H19N3OS. The zero-order chi connectivity index (χ0) is 16.6. The maximum atomic E-state index is 11.9. The van der Waals surface area contributed by atoms with E-state index in [4.69, 9.17) is 0 Å². The first-order valence-corrected chi connectivity index (χ1v) is 8.83. The van der Waals surface area contributed by atoms with Gasteiger partial charge in [-0.1, -0.05) is 36.4 Å². The van der Waals surface area contributed by atoms with Gasteiger partial charge >= 0.3 is 0 Å². The van der Waals surface area contributed by atoms with Crippen LogP contribution < -0.4 is 5.32 Å². The number of aromatic nitrogens is 2. The summed E-state index contributed by atoms with van der Waals surface area (Å²) in [5.41, 5.74) is 2.00. The highest BCUT2D eigenvalue weighted by molar-refractivity contribution is 7.99. The maximum Gasteiger partial charge on any atom is 0.221 e. The summed E-state index contributed by atoms with van der Waals surface area (Å²) < 4.78 is 1.81. The third-order valence-corrected chi connectivity index (χ3v) is 4.50. The van der Waals surface area contributed by atoms with Crippen LogP contribution in [0.1, 0.15) is 12.0 Å². The molecule has 0 atom stereocenters. The molecule has 3 aromatic rings. The number of hydrogen-bond acceptors (Lipinski definition) is 3. The highest BCUT2D eigenvalue weighted by Gasteiger charge is 2.04. The Balaban J connectivity index is 1.42. The van der Waals surface area contributed by atoms with Crippen LogP contribution in [0.4, 0.5) is 0 Å². The fourth-order valence-corrected chi connectivity index (χ4v) is 3.11. The molecule has 0 aliphatic heterocycles. The Morgan fingerprint density at radius 3 is 2.50 bits per heavy atom. The lowest BCUT2D eigenvalue weighted by molar-refractivity contribution is -0.120. The minimum atomic E-state index is 0.0610. The average molecular weight is 337 g/mol. The molecule has 0 spiro atoms. The van der Waals surface area contributed by atoms with Crippen molar-refractivity contribution >= 4 is 17.7 Å². The summed E-state index contributed by atoms with van der Waals surface area (Å²) >= 11 is 1.69. The van der Waals surface area contributed by atoms with E-state index < -0.39 is 0 Å². The average Bonchev–Trinajstić information content (AvgIpc) is 3.11. The predicted octanol–water partition coefficient (Wildman–Crippen LogP) is 3.67. The van der Waals surface area contributed by atoms with E-state index in [9.17, 15) is 4.79 Å². The fraction of sp³-hybridized carbons (Fsp3) is 0.158. The quantitative estimate of drug-likeness (QED) is 0.669. The SMILES string of the molecule is O=C(CCSc1ccccc1)NCc1cnn(-c2ccccc2)c1. The molecule has 3 rings (SSSR count). The molecule has 1 N–H and O–H groups in total. The van der Waals surface area contributed by atoms with E-state index in [0.717, 1.165) is 17.0 Å². The zero-order valence-electron chi connectivity index (χ0n) is 13.3. The van der Waals surface area contributed by atoms with Crippen LogP contribution in [0.15, 0.2) is 78.0 Å². The van der Waals surface area contributed by atoms with E-state index in [2.05, 4.69) is 22.5 Å². The highest BCUT2D eigenvalue weighted by Crippen LogP contribution is 2.17. The van der Waals surface area contributed by atoms with Crippen LogP contribution in [0.5, 0.6) is 0 Å². The van der Waals surface area contributed by atoms with Crippen LogP contribution >= 0.6 is 11.8 Å². The van der Waals surface area contributed by atoms with Gasteiger partial charge in [0.25, 0.3) is 0 Å². The van der Waals surface area contributed by atoms with Gasteiger partial charge in [-0.25, -0.2) is 4.68 Å². The Morgan fingerprint density at radius 1 is 1.04 bits per heavy atom. The van der Waals surface area contributed by atoms with E-state index in [0.29, 0.717) is 13.0 Å². The van der Waals surface area contributed by atoms with Crippen molar-refractivity contribution in [3.05, 3.63) is 78.6 Å². The fourth-order valence-electron chi connectivity index (χ4n) is 2.24. The van der Waals surface area contributed by atoms with Crippen molar-refractivity contribution < 1.29 is 4.79 Å². The van der Waals surface area contributed by atoms with Gasteiger partial charge in [0, 0.05) is 35.4 Å². The van der Waals surface area contributed by atoms with Gasteiger partial charge < -0.3 is 5.32 Å². The summed E-state index contributed by atoms with van der Waals surface area (Å²) in [5.74, 6) is 0.838. The molecule has 24 heavy (non-hydrogen) atoms. The Morgan fingerprint density at radius 2 is 1.75 bits per heavy atom. The van der Waals surface area contributed by atoms with Crippen molar-refractivity contribution in [3.8, 4) is 5.69 Å². The normalized spacial score (nSPS) is 10.5. The number of benzene rings is 2. The summed E-state index contributed by atoms with van der Waals surface area (Å²) in [6.45, 7) is 0.502. The second kappa shape index (κ2) is 8.36. The number of nitrogens with one attached hydrogen (secondary N) is 1. The molecule has 122 valence electrons. The van der Waals surface area contributed by atoms with Gasteiger partial charge in [-0.3, -0.25) is 4.79 Å². The monoisotopic (exact) mass is 337 g/mol. The summed E-state index contributed by atoms with van der Waals surface area (Å²) in [6, 6.07) is 20.0. The molecule has 0 saturated carbocycles. The largest absolute Gasteiger partial charge is 0.352 e. The van der Waals surface area contributed by atoms with Crippen molar-refractivity contribution in [1.29, 1.82) is 0 Å². The predicted molar refractivity (Wildman–Crippen MR) is 97.2 cm³/mol. The third-order valence-electron chi connectivity index (χ3n) is 3.49. The van der Waals surface area contributed by atoms with Crippen molar-refractivity contribution in [3.63, 3.8) is 0 Å². The first kappa shape index (κ1) is 16.3. The van der Waals surface area contributed by atoms with Crippen LogP contribution in [0.2, 0.25) is 0 Å². The Labute approximate surface area is 145 Å². The van der Waals surface area contributed by atoms with Gasteiger partial charge in [-0.15, -0.1) is 11.8 Å². The van der Waals surface area contributed by atoms with E-state index in [1.807, 2.05) is 59.4 Å². The first-order valence-electron chi connectivity index (χ1n) is 7.85. The molecule has 0 saturated heterocycles. The van der Waals surface area contributed by atoms with Crippen LogP contribution in [0.25, 0.3) is 5.69 Å². The first-order chi connectivity index (χ1) is 11.8. The summed E-state index contributed by atoms with van der Waals surface area (Å²) in [7, 11) is 0. The number of amides is 1. The highest BCUT2D eigenvalue weighted by atomic mass is 32.2. The second-order valence-corrected chi connectivity index (χ2v) is 6.49. The van der Waals surface area contributed by atoms with Gasteiger partial charge in [0.05, 0.1) is 11.9 Å². The molecule has 5 heteroatoms. The summed E-state index contributed by atoms with van der Waals surface area (Å²) in [5, 5.41) is 7.27. The van der Waals surface area contributed by atoms with Crippen molar-refractivity contribution in [2.75, 3.05) is 5.75 Å². The lowest BCUT2D eigenvalue weighted by Gasteiger charge is -2.04. The minimum absolute atomic E-state index is 0.0610. The van der Waals surface area contributed by atoms with E-state index in [1.54, 1.807) is 18.0 Å². The topological polar surface area (TPSA) is 46.9 Å². The molecule has 0 bridgehead atoms. The number of nitrogens with zero attached hydrogens (tertiary/aromatic N) is 2. The molecular weight excluding hydrogens is 318 g/mol. The van der Waals surface area contributed by atoms with Gasteiger partial charge in [0.15, 0.2) is 0 Å². The molecule has 0 aliphatic rings. The van der Waals surface area contributed by atoms with Gasteiger partial charge in [0.1, 0.15) is 0 Å². The van der Waals surface area contributed by atoms with Gasteiger partial charge in [-0.2, -0.15) is 5.10 Å². The standard InChI is InChI=1S/C19H19N3OS/c23-19(11-12-24-18-9-5-2-6-10-18)20-13-16-14-21-22(15-16)17-7-3-1-4-8-17/h1-10,14-15H,11-13H2,(H,20,23). The van der Waals surface area contributed by atoms with E-state index >= 15 is 0 Å². The van der Waals surface area contributed by atoms with Gasteiger partial charge in [0.2, 0.25) is 5.91 Å². The molecule has 0 aliphatic carbocycles. The summed E-state index contributed by atoms with van der Waals surface area (Å²) in [4.78, 5) is 13.1. The number of carbonyl (C=O) groups excluding carboxylic acids is 1. The van der Waals surface area contributed by atoms with Crippen LogP contribution in [-0.4, -0.2) is 21.4 Å². The van der Waals surface area contributed by atoms with Crippen LogP contribution in [0, 0.1) is 0 Å². The Hall–Kier alpha value is -2.53. The number of hydrogen-bond donors (Lipinski definition) is 1. The van der Waals surface area contributed by atoms with Crippen molar-refractivity contribution in [1.82, 2.24) is 15.1 Å². The van der Waals surface area contributed by atoms with Crippen molar-refractivity contribution in [2.45, 2.75) is 17.9 Å². The Kier molecular flexibility index (Phi) is 5.69. The molecule has 4 nitrogen and oxygen atoms in total. The number of thioether (sulfide) groups is 1. The lowest BCUT2D eigenvalue weighted by Crippen LogP contribution is -2.22. The van der Waals surface area contributed by atoms with E-state index in [-0.39, 0.29) is 5.91 Å². The zero-order valence-corrected chi connectivity index (χ0v) is 14.1. The molecule has 1 amide bonds. The molecule has 0 unspecified atom stereocenters. The number of para-hydroxylation sites is 1.